The fraction of sp³-hybridized carbons (Fsp3) is 0.647. The van der Waals surface area contributed by atoms with Crippen LogP contribution in [0.5, 0.6) is 0 Å². The number of carbonyl (C=O) groups is 4. The highest BCUT2D eigenvalue weighted by molar-refractivity contribution is 8.82. The first kappa shape index (κ1) is 40.8. The first-order valence-corrected chi connectivity index (χ1v) is 19.7. The van der Waals surface area contributed by atoms with Crippen LogP contribution in [0.1, 0.15) is 70.9 Å². The molecule has 0 unspecified atom stereocenters. The minimum atomic E-state index is -0.706. The van der Waals surface area contributed by atoms with Gasteiger partial charge >= 0.3 is 17.4 Å². The maximum Gasteiger partial charge on any atom is 0.408 e. The molecule has 1 heterocycles. The molecule has 10 nitrogen and oxygen atoms in total. The van der Waals surface area contributed by atoms with E-state index in [-0.39, 0.29) is 11.8 Å². The van der Waals surface area contributed by atoms with Crippen molar-refractivity contribution in [3.63, 3.8) is 0 Å². The number of methoxy groups -OCH3 is 2. The molecule has 0 spiro atoms. The van der Waals surface area contributed by atoms with Gasteiger partial charge < -0.3 is 24.8 Å². The van der Waals surface area contributed by atoms with Crippen molar-refractivity contribution in [1.29, 1.82) is 0 Å². The zero-order chi connectivity index (χ0) is 35.0. The van der Waals surface area contributed by atoms with E-state index in [0.29, 0.717) is 36.8 Å². The molecular formula is C34H53N3O7S3. The normalized spacial score (nSPS) is 18.1. The molecule has 0 aromatic heterocycles. The second-order valence-electron chi connectivity index (χ2n) is 12.9. The van der Waals surface area contributed by atoms with Crippen LogP contribution in [0, 0.1) is 5.92 Å². The Morgan fingerprint density at radius 2 is 1.77 bits per heavy atom. The number of hydrogen-bond acceptors (Lipinski definition) is 11. The highest BCUT2D eigenvalue weighted by atomic mass is 33.1. The van der Waals surface area contributed by atoms with Gasteiger partial charge in [-0.3, -0.25) is 9.69 Å². The topological polar surface area (TPSA) is 123 Å². The van der Waals surface area contributed by atoms with Crippen LogP contribution >= 0.6 is 33.3 Å². The Hall–Kier alpha value is -2.35. The van der Waals surface area contributed by atoms with Crippen LogP contribution in [0.2, 0.25) is 0 Å². The largest absolute Gasteiger partial charge is 0.467 e. The number of rotatable bonds is 17. The smallest absolute Gasteiger partial charge is 0.408 e. The number of likely N-dealkylation sites (tertiary alicyclic amines) is 1. The maximum absolute atomic E-state index is 13.7. The molecule has 2 amide bonds. The average molecular weight is 712 g/mol. The van der Waals surface area contributed by atoms with E-state index >= 15 is 0 Å². The number of hydrogen-bond donors (Lipinski definition) is 2. The summed E-state index contributed by atoms with van der Waals surface area (Å²) in [5.41, 5.74) is 1.92. The van der Waals surface area contributed by atoms with Crippen LogP contribution < -0.4 is 10.6 Å². The van der Waals surface area contributed by atoms with Gasteiger partial charge in [-0.25, -0.2) is 14.4 Å². The average Bonchev–Trinajstić information content (AvgIpc) is 3.43. The number of ether oxygens (including phenoxy) is 3. The number of carbonyl (C=O) groups excluding carboxylic acids is 4. The molecule has 1 aromatic rings. The van der Waals surface area contributed by atoms with Crippen molar-refractivity contribution in [3.05, 3.63) is 47.5 Å². The Kier molecular flexibility index (Phi) is 18.1. The molecule has 2 rings (SSSR count). The van der Waals surface area contributed by atoms with Gasteiger partial charge in [0, 0.05) is 29.6 Å². The SMILES string of the molecule is COC(=O)SSC[C@@H](/C=C/CN1C[C@H](CCc2ccc(C(C)C)cc2)C[C@H]1C(=O)N[C@@H](CCSC)C(=O)OC)NC(=O)OC(C)(C)C. The lowest BCUT2D eigenvalue weighted by molar-refractivity contribution is -0.145. The van der Waals surface area contributed by atoms with E-state index in [2.05, 4.69) is 53.6 Å². The minimum Gasteiger partial charge on any atom is -0.467 e. The molecule has 1 aliphatic rings. The molecule has 264 valence electrons. The monoisotopic (exact) mass is 711 g/mol. The lowest BCUT2D eigenvalue weighted by Crippen LogP contribution is -2.50. The minimum absolute atomic E-state index is 0.188. The summed E-state index contributed by atoms with van der Waals surface area (Å²) in [5.74, 6) is 1.24. The molecule has 0 bridgehead atoms. The maximum atomic E-state index is 13.7. The van der Waals surface area contributed by atoms with Crippen molar-refractivity contribution < 1.29 is 33.4 Å². The van der Waals surface area contributed by atoms with Crippen LogP contribution in [0.3, 0.4) is 0 Å². The van der Waals surface area contributed by atoms with E-state index in [1.54, 1.807) is 32.5 Å². The van der Waals surface area contributed by atoms with Crippen LogP contribution in [-0.4, -0.2) is 97.0 Å². The summed E-state index contributed by atoms with van der Waals surface area (Å²) in [6.45, 7) is 10.9. The summed E-state index contributed by atoms with van der Waals surface area (Å²) in [6, 6.07) is 7.20. The van der Waals surface area contributed by atoms with Gasteiger partial charge in [-0.1, -0.05) is 61.1 Å². The summed E-state index contributed by atoms with van der Waals surface area (Å²) in [7, 11) is 4.88. The molecule has 1 fully saturated rings. The van der Waals surface area contributed by atoms with Crippen LogP contribution in [-0.2, 0) is 30.2 Å². The van der Waals surface area contributed by atoms with Gasteiger partial charge in [0.1, 0.15) is 11.6 Å². The molecular weight excluding hydrogens is 659 g/mol. The second kappa shape index (κ2) is 20.9. The Morgan fingerprint density at radius 1 is 1.06 bits per heavy atom. The number of thioether (sulfide) groups is 1. The predicted molar refractivity (Wildman–Crippen MR) is 194 cm³/mol. The standard InChI is InChI=1S/C34H53N3O7S3/c1-23(2)26-15-13-24(14-16-26)11-12-25-20-29(30(38)36-28(17-19-45-8)31(39)42-6)37(21-25)18-9-10-27(22-46-47-33(41)43-7)35-32(40)44-34(3,4)5/h9-10,13-16,23,25,27-29H,11-12,17-22H2,1-8H3,(H,35,40)(H,36,38)/b10-9+/t25-,27-,28+,29+/m1/s1. The quantitative estimate of drug-likeness (QED) is 0.0803. The van der Waals surface area contributed by atoms with E-state index < -0.39 is 41.1 Å². The Bertz CT molecular complexity index is 1170. The van der Waals surface area contributed by atoms with Gasteiger partial charge in [0.25, 0.3) is 0 Å². The third-order valence-electron chi connectivity index (χ3n) is 7.64. The number of amides is 2. The molecule has 0 radical (unpaired) electrons. The van der Waals surface area contributed by atoms with E-state index in [1.165, 1.54) is 36.1 Å². The Labute approximate surface area is 293 Å². The molecule has 4 atom stereocenters. The zero-order valence-corrected chi connectivity index (χ0v) is 31.5. The predicted octanol–water partition coefficient (Wildman–Crippen LogP) is 6.44. The number of alkyl carbamates (subject to hydrolysis) is 1. The molecule has 0 aliphatic carbocycles. The fourth-order valence-electron chi connectivity index (χ4n) is 5.17. The van der Waals surface area contributed by atoms with Crippen molar-refractivity contribution in [2.45, 2.75) is 89.9 Å². The number of benzene rings is 1. The molecule has 13 heteroatoms. The van der Waals surface area contributed by atoms with Crippen molar-refractivity contribution in [1.82, 2.24) is 15.5 Å². The Balaban J connectivity index is 2.18. The molecule has 1 saturated heterocycles. The van der Waals surface area contributed by atoms with Crippen LogP contribution in [0.4, 0.5) is 9.59 Å². The van der Waals surface area contributed by atoms with Crippen molar-refractivity contribution in [2.24, 2.45) is 5.92 Å². The second-order valence-corrected chi connectivity index (χ2v) is 16.1. The lowest BCUT2D eigenvalue weighted by atomic mass is 9.95. The van der Waals surface area contributed by atoms with Crippen LogP contribution in [0.15, 0.2) is 36.4 Å². The number of nitrogens with zero attached hydrogens (tertiary/aromatic N) is 1. The number of aryl methyl sites for hydroxylation is 1. The summed E-state index contributed by atoms with van der Waals surface area (Å²) in [5, 5.41) is 5.40. The van der Waals surface area contributed by atoms with Gasteiger partial charge in [0.15, 0.2) is 0 Å². The summed E-state index contributed by atoms with van der Waals surface area (Å²) >= 11 is 1.61. The third kappa shape index (κ3) is 15.6. The molecule has 1 aliphatic heterocycles. The number of esters is 1. The molecule has 47 heavy (non-hydrogen) atoms. The lowest BCUT2D eigenvalue weighted by Gasteiger charge is -2.25. The van der Waals surface area contributed by atoms with Gasteiger partial charge in [0.2, 0.25) is 5.91 Å². The summed E-state index contributed by atoms with van der Waals surface area (Å²) < 4.78 is 15.1. The van der Waals surface area contributed by atoms with E-state index in [4.69, 9.17) is 14.2 Å². The van der Waals surface area contributed by atoms with Crippen molar-refractivity contribution >= 4 is 56.6 Å². The van der Waals surface area contributed by atoms with Gasteiger partial charge in [0.05, 0.1) is 26.3 Å². The molecule has 2 N–H and O–H groups in total. The van der Waals surface area contributed by atoms with E-state index in [0.717, 1.165) is 30.2 Å². The summed E-state index contributed by atoms with van der Waals surface area (Å²) in [6.07, 6.45) is 8.20. The van der Waals surface area contributed by atoms with Crippen LogP contribution in [0.25, 0.3) is 0 Å². The molecule has 1 aromatic carbocycles. The first-order valence-electron chi connectivity index (χ1n) is 16.0. The van der Waals surface area contributed by atoms with Gasteiger partial charge in [-0.2, -0.15) is 11.8 Å². The van der Waals surface area contributed by atoms with Gasteiger partial charge in [-0.05, 0) is 81.4 Å². The first-order chi connectivity index (χ1) is 22.3. The van der Waals surface area contributed by atoms with E-state index in [1.807, 2.05) is 18.4 Å². The Morgan fingerprint density at radius 3 is 2.36 bits per heavy atom. The van der Waals surface area contributed by atoms with E-state index in [9.17, 15) is 19.2 Å². The highest BCUT2D eigenvalue weighted by Crippen LogP contribution is 2.29. The van der Waals surface area contributed by atoms with Crippen molar-refractivity contribution in [3.8, 4) is 0 Å². The van der Waals surface area contributed by atoms with Crippen molar-refractivity contribution in [2.75, 3.05) is 45.1 Å². The fourth-order valence-corrected chi connectivity index (χ4v) is 7.35. The zero-order valence-electron chi connectivity index (χ0n) is 29.0. The number of nitrogens with one attached hydrogen (secondary N) is 2. The molecule has 0 saturated carbocycles. The third-order valence-corrected chi connectivity index (χ3v) is 10.4. The summed E-state index contributed by atoms with van der Waals surface area (Å²) in [4.78, 5) is 52.4. The van der Waals surface area contributed by atoms with Gasteiger partial charge in [-0.15, -0.1) is 0 Å². The highest BCUT2D eigenvalue weighted by Gasteiger charge is 2.37.